The fraction of sp³-hybridized carbons (Fsp3) is 0.0333. The lowest BCUT2D eigenvalue weighted by atomic mass is 10.1. The Bertz CT molecular complexity index is 1540. The number of benzene rings is 4. The maximum absolute atomic E-state index is 12.9. The van der Waals surface area contributed by atoms with Gasteiger partial charge in [0, 0.05) is 5.56 Å². The van der Waals surface area contributed by atoms with Crippen LogP contribution in [0.1, 0.15) is 51.8 Å². The molecule has 0 saturated carbocycles. The molecule has 0 aromatic heterocycles. The lowest BCUT2D eigenvalue weighted by Gasteiger charge is -2.17. The van der Waals surface area contributed by atoms with Crippen molar-refractivity contribution in [1.29, 1.82) is 0 Å². The zero-order chi connectivity index (χ0) is 26.6. The smallest absolute Gasteiger partial charge is 0.343 e. The van der Waals surface area contributed by atoms with Crippen molar-refractivity contribution >= 4 is 35.2 Å². The molecule has 8 nitrogen and oxygen atoms in total. The van der Waals surface area contributed by atoms with E-state index in [0.29, 0.717) is 5.56 Å². The van der Waals surface area contributed by atoms with E-state index < -0.39 is 36.1 Å². The van der Waals surface area contributed by atoms with Crippen molar-refractivity contribution in [3.63, 3.8) is 0 Å². The number of rotatable bonds is 7. The van der Waals surface area contributed by atoms with Crippen molar-refractivity contribution in [3.8, 4) is 5.75 Å². The summed E-state index contributed by atoms with van der Waals surface area (Å²) in [5.74, 6) is -2.72. The van der Waals surface area contributed by atoms with Crippen LogP contribution in [0, 0.1) is 0 Å². The van der Waals surface area contributed by atoms with E-state index in [1.54, 1.807) is 66.7 Å². The van der Waals surface area contributed by atoms with Gasteiger partial charge in [0.25, 0.3) is 11.8 Å². The van der Waals surface area contributed by atoms with Gasteiger partial charge in [-0.2, -0.15) is 0 Å². The zero-order valence-electron chi connectivity index (χ0n) is 19.8. The molecule has 0 radical (unpaired) electrons. The third-order valence-electron chi connectivity index (χ3n) is 5.89. The summed E-state index contributed by atoms with van der Waals surface area (Å²) in [6.07, 6.45) is 0. The van der Waals surface area contributed by atoms with Crippen LogP contribution >= 0.6 is 0 Å². The van der Waals surface area contributed by atoms with Crippen LogP contribution in [0.4, 0.5) is 5.69 Å². The molecule has 0 fully saturated rings. The Balaban J connectivity index is 1.24. The monoisotopic (exact) mass is 505 g/mol. The molecule has 0 atom stereocenters. The number of esters is 2. The van der Waals surface area contributed by atoms with E-state index in [9.17, 15) is 24.0 Å². The molecule has 0 spiro atoms. The van der Waals surface area contributed by atoms with Crippen molar-refractivity contribution in [2.45, 2.75) is 0 Å². The van der Waals surface area contributed by atoms with E-state index in [2.05, 4.69) is 0 Å². The van der Waals surface area contributed by atoms with Crippen LogP contribution in [0.25, 0.3) is 0 Å². The quantitative estimate of drug-likeness (QED) is 0.154. The van der Waals surface area contributed by atoms with Crippen LogP contribution < -0.4 is 9.64 Å². The fourth-order valence-corrected chi connectivity index (χ4v) is 3.99. The summed E-state index contributed by atoms with van der Waals surface area (Å²) in [4.78, 5) is 64.4. The number of nitrogens with zero attached hydrogens (tertiary/aromatic N) is 1. The summed E-state index contributed by atoms with van der Waals surface area (Å²) in [5.41, 5.74) is 1.16. The fourth-order valence-electron chi connectivity index (χ4n) is 3.99. The number of amides is 2. The van der Waals surface area contributed by atoms with Crippen LogP contribution in [0.3, 0.4) is 0 Å². The number of Topliss-reactive ketones (excluding diaryl/α,β-unsaturated/α-hetero) is 1. The van der Waals surface area contributed by atoms with Gasteiger partial charge >= 0.3 is 11.9 Å². The van der Waals surface area contributed by atoms with E-state index in [4.69, 9.17) is 9.47 Å². The average molecular weight is 505 g/mol. The van der Waals surface area contributed by atoms with E-state index in [0.717, 1.165) is 4.90 Å². The molecule has 0 N–H and O–H groups in total. The first kappa shape index (κ1) is 24.3. The summed E-state index contributed by atoms with van der Waals surface area (Å²) < 4.78 is 10.5. The summed E-state index contributed by atoms with van der Waals surface area (Å²) in [7, 11) is 0. The Morgan fingerprint density at radius 1 is 0.605 bits per heavy atom. The Labute approximate surface area is 217 Å². The second-order valence-electron chi connectivity index (χ2n) is 8.29. The highest BCUT2D eigenvalue weighted by molar-refractivity contribution is 6.35. The first-order valence-corrected chi connectivity index (χ1v) is 11.6. The van der Waals surface area contributed by atoms with E-state index in [1.165, 1.54) is 36.4 Å². The molecule has 1 aliphatic rings. The highest BCUT2D eigenvalue weighted by Gasteiger charge is 2.38. The predicted octanol–water partition coefficient (Wildman–Crippen LogP) is 4.75. The number of carbonyl (C=O) groups is 5. The largest absolute Gasteiger partial charge is 0.454 e. The normalized spacial score (nSPS) is 12.2. The second-order valence-corrected chi connectivity index (χ2v) is 8.29. The summed E-state index contributed by atoms with van der Waals surface area (Å²) in [6, 6.07) is 26.8. The maximum atomic E-state index is 12.9. The molecule has 8 heteroatoms. The van der Waals surface area contributed by atoms with Gasteiger partial charge in [-0.25, -0.2) is 14.5 Å². The predicted molar refractivity (Wildman–Crippen MR) is 136 cm³/mol. The van der Waals surface area contributed by atoms with Crippen LogP contribution in [0.15, 0.2) is 103 Å². The summed E-state index contributed by atoms with van der Waals surface area (Å²) in [6.45, 7) is -0.571. The van der Waals surface area contributed by atoms with Gasteiger partial charge in [-0.05, 0) is 60.7 Å². The molecule has 0 unspecified atom stereocenters. The number of ketones is 1. The molecule has 1 heterocycles. The molecule has 0 aliphatic carbocycles. The molecule has 4 aromatic carbocycles. The van der Waals surface area contributed by atoms with Gasteiger partial charge in [-0.3, -0.25) is 14.4 Å². The number of hydrogen-bond acceptors (Lipinski definition) is 7. The van der Waals surface area contributed by atoms with Gasteiger partial charge in [-0.1, -0.05) is 42.5 Å². The minimum absolute atomic E-state index is 0.0296. The number of ether oxygens (including phenoxy) is 2. The molecule has 5 rings (SSSR count). The summed E-state index contributed by atoms with van der Waals surface area (Å²) in [5, 5.41) is 0. The number of anilines is 1. The molecule has 1 aliphatic heterocycles. The number of hydrogen-bond donors (Lipinski definition) is 0. The van der Waals surface area contributed by atoms with E-state index >= 15 is 0 Å². The van der Waals surface area contributed by atoms with Crippen LogP contribution in [0.5, 0.6) is 5.75 Å². The van der Waals surface area contributed by atoms with Crippen molar-refractivity contribution in [2.75, 3.05) is 11.5 Å². The Kier molecular flexibility index (Phi) is 6.61. The minimum Gasteiger partial charge on any atom is -0.454 e. The van der Waals surface area contributed by atoms with Crippen LogP contribution in [0.2, 0.25) is 0 Å². The molecule has 38 heavy (non-hydrogen) atoms. The van der Waals surface area contributed by atoms with Crippen molar-refractivity contribution in [3.05, 3.63) is 131 Å². The molecule has 186 valence electrons. The number of para-hydroxylation sites is 1. The number of fused-ring (bicyclic) bond motifs is 1. The molecule has 4 aromatic rings. The van der Waals surface area contributed by atoms with Gasteiger partial charge < -0.3 is 9.47 Å². The highest BCUT2D eigenvalue weighted by atomic mass is 16.5. The second kappa shape index (κ2) is 10.3. The molecular weight excluding hydrogens is 486 g/mol. The molecular formula is C30H19NO7. The molecule has 0 saturated heterocycles. The lowest BCUT2D eigenvalue weighted by Crippen LogP contribution is -2.31. The number of carbonyl (C=O) groups excluding carboxylic acids is 5. The topological polar surface area (TPSA) is 107 Å². The van der Waals surface area contributed by atoms with Crippen molar-refractivity contribution in [2.24, 2.45) is 0 Å². The summed E-state index contributed by atoms with van der Waals surface area (Å²) >= 11 is 0. The average Bonchev–Trinajstić information content (AvgIpc) is 3.21. The zero-order valence-corrected chi connectivity index (χ0v) is 19.8. The van der Waals surface area contributed by atoms with Crippen LogP contribution in [-0.2, 0) is 4.74 Å². The standard InChI is InChI=1S/C30H19NO7/c32-26(19-14-16-21(17-15-19)38-29(35)20-8-2-1-3-9-20)18-37-30(36)24-12-6-7-13-25(24)31-27(33)22-10-4-5-11-23(22)28(31)34/h1-17H,18H2. The first-order valence-electron chi connectivity index (χ1n) is 11.6. The lowest BCUT2D eigenvalue weighted by molar-refractivity contribution is 0.0475. The Morgan fingerprint density at radius 3 is 1.84 bits per heavy atom. The third-order valence-corrected chi connectivity index (χ3v) is 5.89. The molecule has 2 amide bonds. The van der Waals surface area contributed by atoms with Crippen molar-refractivity contribution in [1.82, 2.24) is 0 Å². The van der Waals surface area contributed by atoms with E-state index in [-0.39, 0.29) is 33.7 Å². The van der Waals surface area contributed by atoms with Gasteiger partial charge in [0.2, 0.25) is 0 Å². The third kappa shape index (κ3) is 4.70. The van der Waals surface area contributed by atoms with Crippen molar-refractivity contribution < 1.29 is 33.4 Å². The Hall–Kier alpha value is -5.37. The van der Waals surface area contributed by atoms with Gasteiger partial charge in [0.05, 0.1) is 27.9 Å². The van der Waals surface area contributed by atoms with Crippen LogP contribution in [-0.4, -0.2) is 36.1 Å². The Morgan fingerprint density at radius 2 is 1.18 bits per heavy atom. The van der Waals surface area contributed by atoms with E-state index in [1.807, 2.05) is 0 Å². The van der Waals surface area contributed by atoms with Gasteiger partial charge in [0.1, 0.15) is 5.75 Å². The van der Waals surface area contributed by atoms with Gasteiger partial charge in [-0.15, -0.1) is 0 Å². The van der Waals surface area contributed by atoms with Gasteiger partial charge in [0.15, 0.2) is 12.4 Å². The SMILES string of the molecule is O=C(COC(=O)c1ccccc1N1C(=O)c2ccccc2C1=O)c1ccc(OC(=O)c2ccccc2)cc1. The number of imide groups is 1. The first-order chi connectivity index (χ1) is 18.4. The highest BCUT2D eigenvalue weighted by Crippen LogP contribution is 2.31. The minimum atomic E-state index is -0.862. The maximum Gasteiger partial charge on any atom is 0.343 e. The molecule has 0 bridgehead atoms.